The quantitative estimate of drug-likeness (QED) is 0.825. The second-order valence-electron chi connectivity index (χ2n) is 5.32. The average molecular weight is 262 g/mol. The molecule has 0 atom stereocenters. The standard InChI is InChI=1S/C16H26N2O/c1-3-19-16-7-5-4-6-15(16)18-12-13-8-10-14(17-2)11-9-13/h4-7,13-14,17-18H,3,8-12H2,1-2H3. The topological polar surface area (TPSA) is 33.3 Å². The van der Waals surface area contributed by atoms with Crippen LogP contribution < -0.4 is 15.4 Å². The van der Waals surface area contributed by atoms with Gasteiger partial charge in [-0.05, 0) is 57.7 Å². The van der Waals surface area contributed by atoms with Crippen molar-refractivity contribution in [3.8, 4) is 5.75 Å². The highest BCUT2D eigenvalue weighted by Crippen LogP contribution is 2.27. The minimum Gasteiger partial charge on any atom is -0.492 e. The molecule has 0 radical (unpaired) electrons. The third-order valence-corrected chi connectivity index (χ3v) is 4.02. The van der Waals surface area contributed by atoms with E-state index in [2.05, 4.69) is 29.8 Å². The Morgan fingerprint density at radius 3 is 2.58 bits per heavy atom. The number of hydrogen-bond acceptors (Lipinski definition) is 3. The molecule has 0 saturated heterocycles. The van der Waals surface area contributed by atoms with Gasteiger partial charge in [-0.2, -0.15) is 0 Å². The minimum atomic E-state index is 0.714. The fourth-order valence-corrected chi connectivity index (χ4v) is 2.80. The second-order valence-corrected chi connectivity index (χ2v) is 5.32. The lowest BCUT2D eigenvalue weighted by molar-refractivity contribution is 0.311. The molecule has 0 bridgehead atoms. The van der Waals surface area contributed by atoms with Gasteiger partial charge in [-0.15, -0.1) is 0 Å². The molecule has 3 nitrogen and oxygen atoms in total. The van der Waals surface area contributed by atoms with E-state index in [1.807, 2.05) is 19.1 Å². The van der Waals surface area contributed by atoms with Gasteiger partial charge in [0.2, 0.25) is 0 Å². The van der Waals surface area contributed by atoms with Gasteiger partial charge in [-0.3, -0.25) is 0 Å². The fourth-order valence-electron chi connectivity index (χ4n) is 2.80. The minimum absolute atomic E-state index is 0.714. The number of anilines is 1. The molecule has 3 heteroatoms. The van der Waals surface area contributed by atoms with Gasteiger partial charge in [-0.1, -0.05) is 12.1 Å². The molecule has 0 unspecified atom stereocenters. The Kier molecular flexibility index (Phi) is 5.52. The predicted molar refractivity (Wildman–Crippen MR) is 80.9 cm³/mol. The van der Waals surface area contributed by atoms with Crippen molar-refractivity contribution >= 4 is 5.69 Å². The van der Waals surface area contributed by atoms with Crippen molar-refractivity contribution in [2.75, 3.05) is 25.5 Å². The Morgan fingerprint density at radius 1 is 1.16 bits per heavy atom. The molecule has 106 valence electrons. The zero-order valence-corrected chi connectivity index (χ0v) is 12.1. The second kappa shape index (κ2) is 7.39. The van der Waals surface area contributed by atoms with Crippen molar-refractivity contribution in [3.63, 3.8) is 0 Å². The molecule has 1 aromatic rings. The smallest absolute Gasteiger partial charge is 0.142 e. The Labute approximate surface area is 116 Å². The molecule has 0 aliphatic heterocycles. The first-order valence-electron chi connectivity index (χ1n) is 7.46. The van der Waals surface area contributed by atoms with Gasteiger partial charge in [0.05, 0.1) is 12.3 Å². The van der Waals surface area contributed by atoms with Crippen LogP contribution in [0.5, 0.6) is 5.75 Å². The summed E-state index contributed by atoms with van der Waals surface area (Å²) in [6, 6.07) is 8.94. The van der Waals surface area contributed by atoms with E-state index in [0.29, 0.717) is 6.61 Å². The molecular weight excluding hydrogens is 236 g/mol. The van der Waals surface area contributed by atoms with Gasteiger partial charge in [0.25, 0.3) is 0 Å². The maximum absolute atomic E-state index is 5.64. The zero-order valence-electron chi connectivity index (χ0n) is 12.1. The van der Waals surface area contributed by atoms with Gasteiger partial charge in [0.15, 0.2) is 0 Å². The molecule has 2 N–H and O–H groups in total. The van der Waals surface area contributed by atoms with Gasteiger partial charge >= 0.3 is 0 Å². The molecule has 0 amide bonds. The van der Waals surface area contributed by atoms with Crippen LogP contribution in [-0.4, -0.2) is 26.2 Å². The Hall–Kier alpha value is -1.22. The zero-order chi connectivity index (χ0) is 13.5. The first-order valence-corrected chi connectivity index (χ1v) is 7.46. The van der Waals surface area contributed by atoms with Crippen LogP contribution in [0.1, 0.15) is 32.6 Å². The summed E-state index contributed by atoms with van der Waals surface area (Å²) in [4.78, 5) is 0. The summed E-state index contributed by atoms with van der Waals surface area (Å²) in [6.07, 6.45) is 5.23. The molecule has 1 aromatic carbocycles. The molecule has 1 aliphatic rings. The van der Waals surface area contributed by atoms with Crippen LogP contribution in [0.15, 0.2) is 24.3 Å². The van der Waals surface area contributed by atoms with Crippen molar-refractivity contribution in [1.29, 1.82) is 0 Å². The van der Waals surface area contributed by atoms with Crippen molar-refractivity contribution in [2.24, 2.45) is 5.92 Å². The molecule has 1 saturated carbocycles. The number of para-hydroxylation sites is 2. The highest BCUT2D eigenvalue weighted by Gasteiger charge is 2.19. The van der Waals surface area contributed by atoms with Gasteiger partial charge < -0.3 is 15.4 Å². The summed E-state index contributed by atoms with van der Waals surface area (Å²) >= 11 is 0. The van der Waals surface area contributed by atoms with Crippen LogP contribution in [0.4, 0.5) is 5.69 Å². The van der Waals surface area contributed by atoms with Crippen molar-refractivity contribution in [2.45, 2.75) is 38.6 Å². The van der Waals surface area contributed by atoms with E-state index in [0.717, 1.165) is 29.9 Å². The van der Waals surface area contributed by atoms with E-state index in [1.54, 1.807) is 0 Å². The Balaban J connectivity index is 1.82. The lowest BCUT2D eigenvalue weighted by Crippen LogP contribution is -2.32. The van der Waals surface area contributed by atoms with Crippen LogP contribution >= 0.6 is 0 Å². The first-order chi connectivity index (χ1) is 9.33. The SMILES string of the molecule is CCOc1ccccc1NCC1CCC(NC)CC1. The maximum Gasteiger partial charge on any atom is 0.142 e. The van der Waals surface area contributed by atoms with E-state index in [1.165, 1.54) is 25.7 Å². The van der Waals surface area contributed by atoms with E-state index in [4.69, 9.17) is 4.74 Å². The summed E-state index contributed by atoms with van der Waals surface area (Å²) < 4.78 is 5.64. The molecular formula is C16H26N2O. The summed E-state index contributed by atoms with van der Waals surface area (Å²) in [6.45, 7) is 3.79. The van der Waals surface area contributed by atoms with Gasteiger partial charge in [0.1, 0.15) is 5.75 Å². The number of nitrogens with one attached hydrogen (secondary N) is 2. The summed E-state index contributed by atoms with van der Waals surface area (Å²) in [5.74, 6) is 1.76. The Morgan fingerprint density at radius 2 is 1.89 bits per heavy atom. The summed E-state index contributed by atoms with van der Waals surface area (Å²) in [5, 5.41) is 6.94. The van der Waals surface area contributed by atoms with E-state index in [-0.39, 0.29) is 0 Å². The lowest BCUT2D eigenvalue weighted by atomic mass is 9.86. The van der Waals surface area contributed by atoms with Crippen LogP contribution in [0.3, 0.4) is 0 Å². The summed E-state index contributed by atoms with van der Waals surface area (Å²) in [7, 11) is 2.07. The molecule has 1 aliphatic carbocycles. The number of rotatable bonds is 6. The summed E-state index contributed by atoms with van der Waals surface area (Å²) in [5.41, 5.74) is 1.13. The third-order valence-electron chi connectivity index (χ3n) is 4.02. The van der Waals surface area contributed by atoms with Crippen LogP contribution in [0.25, 0.3) is 0 Å². The first kappa shape index (κ1) is 14.2. The largest absolute Gasteiger partial charge is 0.492 e. The maximum atomic E-state index is 5.64. The highest BCUT2D eigenvalue weighted by molar-refractivity contribution is 5.56. The van der Waals surface area contributed by atoms with Crippen LogP contribution in [-0.2, 0) is 0 Å². The number of ether oxygens (including phenoxy) is 1. The van der Waals surface area contributed by atoms with Gasteiger partial charge in [0, 0.05) is 12.6 Å². The predicted octanol–water partition coefficient (Wildman–Crippen LogP) is 3.28. The number of hydrogen-bond donors (Lipinski definition) is 2. The van der Waals surface area contributed by atoms with Crippen molar-refractivity contribution in [1.82, 2.24) is 5.32 Å². The highest BCUT2D eigenvalue weighted by atomic mass is 16.5. The van der Waals surface area contributed by atoms with E-state index >= 15 is 0 Å². The number of benzene rings is 1. The van der Waals surface area contributed by atoms with Crippen molar-refractivity contribution in [3.05, 3.63) is 24.3 Å². The van der Waals surface area contributed by atoms with Crippen LogP contribution in [0.2, 0.25) is 0 Å². The molecule has 19 heavy (non-hydrogen) atoms. The molecule has 0 heterocycles. The van der Waals surface area contributed by atoms with Gasteiger partial charge in [-0.25, -0.2) is 0 Å². The lowest BCUT2D eigenvalue weighted by Gasteiger charge is -2.28. The normalized spacial score (nSPS) is 23.1. The van der Waals surface area contributed by atoms with Crippen molar-refractivity contribution < 1.29 is 4.74 Å². The molecule has 0 spiro atoms. The Bertz CT molecular complexity index is 373. The average Bonchev–Trinajstić information content (AvgIpc) is 2.47. The molecule has 1 fully saturated rings. The van der Waals surface area contributed by atoms with Crippen LogP contribution in [0, 0.1) is 5.92 Å². The molecule has 0 aromatic heterocycles. The van der Waals surface area contributed by atoms with E-state index in [9.17, 15) is 0 Å². The molecule has 2 rings (SSSR count). The van der Waals surface area contributed by atoms with E-state index < -0.39 is 0 Å². The monoisotopic (exact) mass is 262 g/mol. The third kappa shape index (κ3) is 4.13. The fraction of sp³-hybridized carbons (Fsp3) is 0.625.